The summed E-state index contributed by atoms with van der Waals surface area (Å²) in [5, 5.41) is 4.89. The Balaban J connectivity index is 1.46. The number of aromatic nitrogens is 1. The Morgan fingerprint density at radius 3 is 2.50 bits per heavy atom. The first-order chi connectivity index (χ1) is 15.4. The molecule has 0 fully saturated rings. The number of amides is 1. The number of anilines is 1. The normalized spacial score (nSPS) is 11.1. The van der Waals surface area contributed by atoms with Gasteiger partial charge in [0.25, 0.3) is 10.0 Å². The molecule has 2 aromatic carbocycles. The van der Waals surface area contributed by atoms with E-state index in [9.17, 15) is 13.2 Å². The second kappa shape index (κ2) is 11.0. The van der Waals surface area contributed by atoms with Crippen LogP contribution in [0.15, 0.2) is 58.8 Å². The number of nitrogens with one attached hydrogen (secondary N) is 2. The fraction of sp³-hybridized carbons (Fsp3) is 0.273. The summed E-state index contributed by atoms with van der Waals surface area (Å²) in [5.41, 5.74) is 1.69. The molecule has 170 valence electrons. The molecule has 0 saturated carbocycles. The van der Waals surface area contributed by atoms with Crippen LogP contribution >= 0.6 is 11.3 Å². The van der Waals surface area contributed by atoms with Crippen molar-refractivity contribution in [1.29, 1.82) is 0 Å². The molecule has 2 N–H and O–H groups in total. The van der Waals surface area contributed by atoms with E-state index in [-0.39, 0.29) is 22.4 Å². The van der Waals surface area contributed by atoms with E-state index >= 15 is 0 Å². The lowest BCUT2D eigenvalue weighted by molar-refractivity contribution is -0.121. The minimum atomic E-state index is -3.75. The summed E-state index contributed by atoms with van der Waals surface area (Å²) >= 11 is 1.18. The van der Waals surface area contributed by atoms with Gasteiger partial charge in [-0.1, -0.05) is 18.2 Å². The van der Waals surface area contributed by atoms with Crippen LogP contribution in [0.25, 0.3) is 0 Å². The predicted molar refractivity (Wildman–Crippen MR) is 124 cm³/mol. The molecule has 3 aromatic rings. The van der Waals surface area contributed by atoms with Crippen molar-refractivity contribution in [1.82, 2.24) is 10.3 Å². The van der Waals surface area contributed by atoms with Gasteiger partial charge >= 0.3 is 0 Å². The number of para-hydroxylation sites is 1. The molecule has 0 spiro atoms. The highest BCUT2D eigenvalue weighted by Crippen LogP contribution is 2.22. The van der Waals surface area contributed by atoms with Crippen LogP contribution in [0.1, 0.15) is 17.7 Å². The van der Waals surface area contributed by atoms with E-state index < -0.39 is 10.0 Å². The Labute approximate surface area is 191 Å². The smallest absolute Gasteiger partial charge is 0.263 e. The average Bonchev–Trinajstić information content (AvgIpc) is 3.24. The van der Waals surface area contributed by atoms with Gasteiger partial charge in [0.1, 0.15) is 11.5 Å². The number of sulfonamides is 1. The van der Waals surface area contributed by atoms with Gasteiger partial charge in [-0.3, -0.25) is 9.52 Å². The molecular weight excluding hydrogens is 450 g/mol. The van der Waals surface area contributed by atoms with Gasteiger partial charge in [-0.2, -0.15) is 0 Å². The molecule has 10 heteroatoms. The van der Waals surface area contributed by atoms with Crippen LogP contribution in [0.5, 0.6) is 11.5 Å². The minimum Gasteiger partial charge on any atom is -0.497 e. The van der Waals surface area contributed by atoms with Crippen LogP contribution in [0.3, 0.4) is 0 Å². The van der Waals surface area contributed by atoms with Crippen molar-refractivity contribution >= 4 is 32.4 Å². The molecule has 0 atom stereocenters. The second-order valence-corrected chi connectivity index (χ2v) is 9.38. The standard InChI is InChI=1S/C22H25N3O5S2/c1-29-18-8-10-19(11-9-18)32(27,28)25-22-24-17(15-31-22)7-12-21(26)23-14-13-16-5-3-4-6-20(16)30-2/h3-6,8-11,15H,7,12-14H2,1-2H3,(H,23,26)(H,24,25). The SMILES string of the molecule is COc1ccc(S(=O)(=O)Nc2nc(CCC(=O)NCCc3ccccc3OC)cs2)cc1. The number of ether oxygens (including phenoxy) is 2. The molecule has 8 nitrogen and oxygen atoms in total. The van der Waals surface area contributed by atoms with Gasteiger partial charge in [0.2, 0.25) is 5.91 Å². The van der Waals surface area contributed by atoms with Gasteiger partial charge in [0.05, 0.1) is 24.8 Å². The van der Waals surface area contributed by atoms with Crippen LogP contribution < -0.4 is 19.5 Å². The number of hydrogen-bond acceptors (Lipinski definition) is 7. The fourth-order valence-electron chi connectivity index (χ4n) is 2.97. The van der Waals surface area contributed by atoms with E-state index in [4.69, 9.17) is 9.47 Å². The van der Waals surface area contributed by atoms with Crippen molar-refractivity contribution in [3.63, 3.8) is 0 Å². The molecule has 0 aliphatic rings. The average molecular weight is 476 g/mol. The summed E-state index contributed by atoms with van der Waals surface area (Å²) in [7, 11) is -0.612. The quantitative estimate of drug-likeness (QED) is 0.441. The first kappa shape index (κ1) is 23.6. The molecule has 0 radical (unpaired) electrons. The first-order valence-corrected chi connectivity index (χ1v) is 12.3. The van der Waals surface area contributed by atoms with Gasteiger partial charge in [-0.25, -0.2) is 13.4 Å². The molecule has 0 bridgehead atoms. The van der Waals surface area contributed by atoms with Gasteiger partial charge in [-0.05, 0) is 48.7 Å². The third kappa shape index (κ3) is 6.44. The molecule has 0 aliphatic carbocycles. The Bertz CT molecular complexity index is 1140. The number of rotatable bonds is 11. The van der Waals surface area contributed by atoms with Gasteiger partial charge in [0.15, 0.2) is 5.13 Å². The van der Waals surface area contributed by atoms with Crippen molar-refractivity contribution in [2.45, 2.75) is 24.2 Å². The molecule has 1 heterocycles. The number of aryl methyl sites for hydroxylation is 1. The van der Waals surface area contributed by atoms with E-state index in [2.05, 4.69) is 15.0 Å². The molecule has 32 heavy (non-hydrogen) atoms. The van der Waals surface area contributed by atoms with Crippen LogP contribution in [0.2, 0.25) is 0 Å². The lowest BCUT2D eigenvalue weighted by Crippen LogP contribution is -2.26. The zero-order valence-electron chi connectivity index (χ0n) is 17.8. The Kier molecular flexibility index (Phi) is 8.07. The van der Waals surface area contributed by atoms with E-state index in [1.165, 1.54) is 30.6 Å². The lowest BCUT2D eigenvalue weighted by atomic mass is 10.1. The van der Waals surface area contributed by atoms with E-state index in [0.29, 0.717) is 30.8 Å². The van der Waals surface area contributed by atoms with Gasteiger partial charge in [-0.15, -0.1) is 11.3 Å². The fourth-order valence-corrected chi connectivity index (χ4v) is 4.97. The van der Waals surface area contributed by atoms with Crippen LogP contribution in [-0.2, 0) is 27.7 Å². The third-order valence-electron chi connectivity index (χ3n) is 4.66. The molecule has 1 amide bonds. The zero-order valence-corrected chi connectivity index (χ0v) is 19.5. The number of carbonyl (C=O) groups excluding carboxylic acids is 1. The molecule has 3 rings (SSSR count). The summed E-state index contributed by atoms with van der Waals surface area (Å²) in [6, 6.07) is 13.8. The van der Waals surface area contributed by atoms with Crippen LogP contribution in [0.4, 0.5) is 5.13 Å². The number of nitrogens with zero attached hydrogens (tertiary/aromatic N) is 1. The number of thiazole rings is 1. The topological polar surface area (TPSA) is 107 Å². The third-order valence-corrected chi connectivity index (χ3v) is 6.95. The molecular formula is C22H25N3O5S2. The summed E-state index contributed by atoms with van der Waals surface area (Å²) in [4.78, 5) is 16.5. The monoisotopic (exact) mass is 475 g/mol. The maximum absolute atomic E-state index is 12.5. The van der Waals surface area contributed by atoms with Crippen LogP contribution in [-0.4, -0.2) is 40.1 Å². The van der Waals surface area contributed by atoms with Crippen molar-refractivity contribution in [2.75, 3.05) is 25.5 Å². The summed E-state index contributed by atoms with van der Waals surface area (Å²) in [6.07, 6.45) is 1.35. The van der Waals surface area contributed by atoms with Crippen molar-refractivity contribution in [2.24, 2.45) is 0 Å². The highest BCUT2D eigenvalue weighted by atomic mass is 32.2. The number of carbonyl (C=O) groups is 1. The maximum Gasteiger partial charge on any atom is 0.263 e. The maximum atomic E-state index is 12.5. The minimum absolute atomic E-state index is 0.0896. The zero-order chi connectivity index (χ0) is 23.0. The number of methoxy groups -OCH3 is 2. The summed E-state index contributed by atoms with van der Waals surface area (Å²) < 4.78 is 37.8. The summed E-state index contributed by atoms with van der Waals surface area (Å²) in [6.45, 7) is 0.503. The van der Waals surface area contributed by atoms with Crippen molar-refractivity contribution < 1.29 is 22.7 Å². The molecule has 1 aromatic heterocycles. The Morgan fingerprint density at radius 1 is 1.03 bits per heavy atom. The highest BCUT2D eigenvalue weighted by Gasteiger charge is 2.16. The molecule has 0 unspecified atom stereocenters. The van der Waals surface area contributed by atoms with E-state index in [0.717, 1.165) is 11.3 Å². The second-order valence-electron chi connectivity index (χ2n) is 6.84. The predicted octanol–water partition coefficient (Wildman–Crippen LogP) is 3.25. The van der Waals surface area contributed by atoms with Crippen molar-refractivity contribution in [3.8, 4) is 11.5 Å². The summed E-state index contributed by atoms with van der Waals surface area (Å²) in [5.74, 6) is 1.28. The lowest BCUT2D eigenvalue weighted by Gasteiger charge is -2.09. The molecule has 0 saturated heterocycles. The van der Waals surface area contributed by atoms with Crippen LogP contribution in [0, 0.1) is 0 Å². The van der Waals surface area contributed by atoms with E-state index in [1.54, 1.807) is 24.6 Å². The Hall–Kier alpha value is -3.11. The highest BCUT2D eigenvalue weighted by molar-refractivity contribution is 7.93. The number of hydrogen-bond donors (Lipinski definition) is 2. The number of benzene rings is 2. The van der Waals surface area contributed by atoms with Gasteiger partial charge in [0, 0.05) is 18.3 Å². The Morgan fingerprint density at radius 2 is 1.78 bits per heavy atom. The van der Waals surface area contributed by atoms with Gasteiger partial charge < -0.3 is 14.8 Å². The van der Waals surface area contributed by atoms with Crippen molar-refractivity contribution in [3.05, 3.63) is 65.2 Å². The van der Waals surface area contributed by atoms with E-state index in [1.807, 2.05) is 24.3 Å². The first-order valence-electron chi connectivity index (χ1n) is 9.91. The molecule has 0 aliphatic heterocycles. The largest absolute Gasteiger partial charge is 0.497 e.